The predicted molar refractivity (Wildman–Crippen MR) is 111 cm³/mol. The zero-order valence-corrected chi connectivity index (χ0v) is 17.0. The lowest BCUT2D eigenvalue weighted by Gasteiger charge is -2.33. The Morgan fingerprint density at radius 1 is 1.17 bits per heavy atom. The number of ether oxygens (including phenoxy) is 1. The van der Waals surface area contributed by atoms with Crippen LogP contribution in [-0.4, -0.2) is 37.0 Å². The Morgan fingerprint density at radius 3 is 2.72 bits per heavy atom. The van der Waals surface area contributed by atoms with Crippen LogP contribution in [0.25, 0.3) is 0 Å². The highest BCUT2D eigenvalue weighted by molar-refractivity contribution is 5.78. The largest absolute Gasteiger partial charge is 0.371 e. The van der Waals surface area contributed by atoms with Gasteiger partial charge in [-0.1, -0.05) is 30.3 Å². The van der Waals surface area contributed by atoms with Gasteiger partial charge in [0.25, 0.3) is 0 Å². The minimum Gasteiger partial charge on any atom is -0.371 e. The Balaban J connectivity index is 1.32. The topological polar surface area (TPSA) is 41.6 Å². The number of nitrogens with zero attached hydrogens (tertiary/aromatic N) is 1. The van der Waals surface area contributed by atoms with Crippen molar-refractivity contribution in [2.24, 2.45) is 0 Å². The molecule has 0 saturated carbocycles. The molecule has 2 aliphatic rings. The van der Waals surface area contributed by atoms with Gasteiger partial charge in [0.1, 0.15) is 5.82 Å². The third kappa shape index (κ3) is 5.03. The second kappa shape index (κ2) is 9.06. The molecule has 0 aromatic heterocycles. The van der Waals surface area contributed by atoms with Crippen LogP contribution in [0.15, 0.2) is 42.5 Å². The standard InChI is InChI=1S/C24H29FN2O2/c1-17(20-7-6-18-4-2-3-5-21(18)14-20)26-24(28)16-27-12-13-29-23(15-27)19-8-10-22(25)11-9-19/h6-11,14,17,23H,2-5,12-13,15-16H2,1H3,(H,26,28). The Morgan fingerprint density at radius 2 is 1.93 bits per heavy atom. The van der Waals surface area contributed by atoms with Crippen molar-refractivity contribution in [3.63, 3.8) is 0 Å². The van der Waals surface area contributed by atoms with Crippen LogP contribution < -0.4 is 5.32 Å². The number of carbonyl (C=O) groups excluding carboxylic acids is 1. The number of halogens is 1. The molecule has 5 heteroatoms. The first-order valence-corrected chi connectivity index (χ1v) is 10.6. The van der Waals surface area contributed by atoms with E-state index in [0.29, 0.717) is 19.7 Å². The number of rotatable bonds is 5. The van der Waals surface area contributed by atoms with Crippen LogP contribution >= 0.6 is 0 Å². The van der Waals surface area contributed by atoms with E-state index >= 15 is 0 Å². The van der Waals surface area contributed by atoms with Gasteiger partial charge in [-0.05, 0) is 67.0 Å². The molecule has 2 unspecified atom stereocenters. The maximum absolute atomic E-state index is 13.2. The number of fused-ring (bicyclic) bond motifs is 1. The molecule has 2 aromatic carbocycles. The summed E-state index contributed by atoms with van der Waals surface area (Å²) >= 11 is 0. The normalized spacial score (nSPS) is 20.7. The summed E-state index contributed by atoms with van der Waals surface area (Å²) < 4.78 is 19.0. The summed E-state index contributed by atoms with van der Waals surface area (Å²) in [5, 5.41) is 3.14. The van der Waals surface area contributed by atoms with Crippen LogP contribution in [0.2, 0.25) is 0 Å². The van der Waals surface area contributed by atoms with E-state index in [4.69, 9.17) is 4.74 Å². The van der Waals surface area contributed by atoms with Crippen molar-refractivity contribution >= 4 is 5.91 Å². The smallest absolute Gasteiger partial charge is 0.234 e. The number of carbonyl (C=O) groups is 1. The lowest BCUT2D eigenvalue weighted by atomic mass is 9.89. The number of nitrogens with one attached hydrogen (secondary N) is 1. The molecule has 1 aliphatic heterocycles. The monoisotopic (exact) mass is 396 g/mol. The van der Waals surface area contributed by atoms with E-state index in [1.165, 1.54) is 48.1 Å². The summed E-state index contributed by atoms with van der Waals surface area (Å²) in [4.78, 5) is 14.7. The molecular formula is C24H29FN2O2. The van der Waals surface area contributed by atoms with Gasteiger partial charge < -0.3 is 10.1 Å². The zero-order valence-electron chi connectivity index (χ0n) is 17.0. The van der Waals surface area contributed by atoms with E-state index in [1.54, 1.807) is 12.1 Å². The number of hydrogen-bond donors (Lipinski definition) is 1. The van der Waals surface area contributed by atoms with Gasteiger partial charge in [-0.25, -0.2) is 4.39 Å². The SMILES string of the molecule is CC(NC(=O)CN1CCOC(c2ccc(F)cc2)C1)c1ccc2c(c1)CCCC2. The Kier molecular flexibility index (Phi) is 6.26. The van der Waals surface area contributed by atoms with E-state index in [1.807, 2.05) is 6.92 Å². The van der Waals surface area contributed by atoms with E-state index in [2.05, 4.69) is 28.4 Å². The van der Waals surface area contributed by atoms with Crippen molar-refractivity contribution in [3.05, 3.63) is 70.5 Å². The fourth-order valence-corrected chi connectivity index (χ4v) is 4.32. The Hall–Kier alpha value is -2.24. The molecule has 1 saturated heterocycles. The maximum atomic E-state index is 13.2. The molecular weight excluding hydrogens is 367 g/mol. The molecule has 1 heterocycles. The first-order valence-electron chi connectivity index (χ1n) is 10.6. The van der Waals surface area contributed by atoms with Gasteiger partial charge in [-0.15, -0.1) is 0 Å². The van der Waals surface area contributed by atoms with E-state index in [9.17, 15) is 9.18 Å². The van der Waals surface area contributed by atoms with Crippen molar-refractivity contribution in [1.29, 1.82) is 0 Å². The highest BCUT2D eigenvalue weighted by atomic mass is 19.1. The van der Waals surface area contributed by atoms with Crippen molar-refractivity contribution in [2.75, 3.05) is 26.2 Å². The second-order valence-electron chi connectivity index (χ2n) is 8.17. The van der Waals surface area contributed by atoms with Crippen LogP contribution in [-0.2, 0) is 22.4 Å². The summed E-state index contributed by atoms with van der Waals surface area (Å²) in [6.07, 6.45) is 4.71. The van der Waals surface area contributed by atoms with Gasteiger partial charge in [0, 0.05) is 13.1 Å². The van der Waals surface area contributed by atoms with Gasteiger partial charge in [-0.3, -0.25) is 9.69 Å². The molecule has 4 rings (SSSR count). The quantitative estimate of drug-likeness (QED) is 0.832. The third-order valence-corrected chi connectivity index (χ3v) is 6.01. The second-order valence-corrected chi connectivity index (χ2v) is 8.17. The molecule has 0 spiro atoms. The van der Waals surface area contributed by atoms with E-state index < -0.39 is 0 Å². The highest BCUT2D eigenvalue weighted by Crippen LogP contribution is 2.25. The molecule has 1 aliphatic carbocycles. The predicted octanol–water partition coefficient (Wildman–Crippen LogP) is 3.96. The van der Waals surface area contributed by atoms with E-state index in [0.717, 1.165) is 18.5 Å². The Bertz CT molecular complexity index is 852. The number of amides is 1. The molecule has 0 bridgehead atoms. The lowest BCUT2D eigenvalue weighted by Crippen LogP contribution is -2.44. The first-order chi connectivity index (χ1) is 14.1. The number of benzene rings is 2. The molecule has 2 atom stereocenters. The maximum Gasteiger partial charge on any atom is 0.234 e. The van der Waals surface area contributed by atoms with Crippen LogP contribution in [0.5, 0.6) is 0 Å². The van der Waals surface area contributed by atoms with Gasteiger partial charge >= 0.3 is 0 Å². The van der Waals surface area contributed by atoms with Crippen molar-refractivity contribution in [3.8, 4) is 0 Å². The number of aryl methyl sites for hydroxylation is 2. The third-order valence-electron chi connectivity index (χ3n) is 6.01. The molecule has 29 heavy (non-hydrogen) atoms. The highest BCUT2D eigenvalue weighted by Gasteiger charge is 2.24. The summed E-state index contributed by atoms with van der Waals surface area (Å²) in [7, 11) is 0. The number of morpholine rings is 1. The first kappa shape index (κ1) is 20.0. The Labute approximate surface area is 172 Å². The van der Waals surface area contributed by atoms with Gasteiger partial charge in [-0.2, -0.15) is 0 Å². The van der Waals surface area contributed by atoms with Crippen LogP contribution in [0.4, 0.5) is 4.39 Å². The number of hydrogen-bond acceptors (Lipinski definition) is 3. The van der Waals surface area contributed by atoms with Gasteiger partial charge in [0.05, 0.1) is 25.3 Å². The fraction of sp³-hybridized carbons (Fsp3) is 0.458. The van der Waals surface area contributed by atoms with Gasteiger partial charge in [0.15, 0.2) is 0 Å². The summed E-state index contributed by atoms with van der Waals surface area (Å²) in [5.41, 5.74) is 5.01. The minimum atomic E-state index is -0.253. The molecule has 2 aromatic rings. The van der Waals surface area contributed by atoms with Crippen molar-refractivity contribution < 1.29 is 13.9 Å². The zero-order chi connectivity index (χ0) is 20.2. The van der Waals surface area contributed by atoms with Gasteiger partial charge in [0.2, 0.25) is 5.91 Å². The summed E-state index contributed by atoms with van der Waals surface area (Å²) in [6, 6.07) is 13.0. The molecule has 4 nitrogen and oxygen atoms in total. The van der Waals surface area contributed by atoms with Crippen LogP contribution in [0.3, 0.4) is 0 Å². The lowest BCUT2D eigenvalue weighted by molar-refractivity contribution is -0.125. The van der Waals surface area contributed by atoms with Crippen molar-refractivity contribution in [1.82, 2.24) is 10.2 Å². The molecule has 0 radical (unpaired) electrons. The average molecular weight is 397 g/mol. The van der Waals surface area contributed by atoms with Crippen LogP contribution in [0.1, 0.15) is 54.2 Å². The van der Waals surface area contributed by atoms with Crippen LogP contribution in [0, 0.1) is 5.82 Å². The molecule has 1 N–H and O–H groups in total. The van der Waals surface area contributed by atoms with Crippen molar-refractivity contribution in [2.45, 2.75) is 44.8 Å². The molecule has 1 fully saturated rings. The minimum absolute atomic E-state index is 0.0105. The molecule has 154 valence electrons. The fourth-order valence-electron chi connectivity index (χ4n) is 4.32. The molecule has 1 amide bonds. The average Bonchev–Trinajstić information content (AvgIpc) is 2.74. The van der Waals surface area contributed by atoms with E-state index in [-0.39, 0.29) is 23.9 Å². The summed E-state index contributed by atoms with van der Waals surface area (Å²) in [5.74, 6) is -0.230. The summed E-state index contributed by atoms with van der Waals surface area (Å²) in [6.45, 7) is 4.31.